The van der Waals surface area contributed by atoms with Crippen LogP contribution in [0.4, 0.5) is 5.69 Å². The zero-order chi connectivity index (χ0) is 32.1. The first-order chi connectivity index (χ1) is 21.0. The predicted octanol–water partition coefficient (Wildman–Crippen LogP) is 2.53. The molecule has 0 aliphatic heterocycles. The molecule has 0 aliphatic carbocycles. The van der Waals surface area contributed by atoms with Gasteiger partial charge in [0.2, 0.25) is 6.79 Å². The molecular formula is C30H32N2O12. The summed E-state index contributed by atoms with van der Waals surface area (Å²) in [4.78, 5) is 74.7. The third-order valence-electron chi connectivity index (χ3n) is 5.71. The Morgan fingerprint density at radius 1 is 0.682 bits per heavy atom. The molecule has 1 N–H and O–H groups in total. The molecule has 3 rings (SSSR count). The van der Waals surface area contributed by atoms with Crippen molar-refractivity contribution in [2.45, 2.75) is 20.8 Å². The number of aromatic amines is 1. The normalized spacial score (nSPS) is 10.6. The fraction of sp³-hybridized carbons (Fsp3) is 0.333. The first-order valence-corrected chi connectivity index (χ1v) is 13.3. The van der Waals surface area contributed by atoms with E-state index in [9.17, 15) is 28.8 Å². The number of fused-ring (bicyclic) bond motifs is 1. The van der Waals surface area contributed by atoms with Gasteiger partial charge >= 0.3 is 23.9 Å². The molecule has 2 aromatic carbocycles. The van der Waals surface area contributed by atoms with Crippen molar-refractivity contribution < 1.29 is 57.2 Å². The van der Waals surface area contributed by atoms with E-state index < -0.39 is 44.3 Å². The lowest BCUT2D eigenvalue weighted by Crippen LogP contribution is -2.36. The number of carbonyl (C=O) groups excluding carboxylic acids is 6. The maximum absolute atomic E-state index is 12.4. The molecule has 0 atom stereocenters. The molecule has 0 fully saturated rings. The van der Waals surface area contributed by atoms with Gasteiger partial charge < -0.3 is 38.3 Å². The standard InChI is InChI=1S/C30H32N2O12/c1-19(33)14-39-16-42-28(36)12-32(13-29(37)43-17-40-15-20(2)34)25-8-6-22(7-9-25)26-10-23-4-5-24(11-27(23)31-26)30(38)44-18-41-21(3)35/h4-11,31H,12-18H2,1-3H3. The topological polar surface area (TPSA) is 177 Å². The zero-order valence-electron chi connectivity index (χ0n) is 24.4. The van der Waals surface area contributed by atoms with E-state index in [4.69, 9.17) is 23.7 Å². The van der Waals surface area contributed by atoms with Crippen LogP contribution in [-0.4, -0.2) is 87.1 Å². The quantitative estimate of drug-likeness (QED) is 0.102. The minimum Gasteiger partial charge on any atom is -0.437 e. The number of hydrogen-bond donors (Lipinski definition) is 1. The van der Waals surface area contributed by atoms with E-state index in [1.165, 1.54) is 25.7 Å². The summed E-state index contributed by atoms with van der Waals surface area (Å²) in [5.41, 5.74) is 2.92. The molecule has 0 saturated carbocycles. The number of rotatable bonds is 17. The third kappa shape index (κ3) is 11.0. The van der Waals surface area contributed by atoms with Crippen molar-refractivity contribution >= 4 is 52.0 Å². The fourth-order valence-electron chi connectivity index (χ4n) is 3.74. The number of nitrogens with one attached hydrogen (secondary N) is 1. The molecule has 0 unspecified atom stereocenters. The predicted molar refractivity (Wildman–Crippen MR) is 153 cm³/mol. The maximum atomic E-state index is 12.4. The largest absolute Gasteiger partial charge is 0.437 e. The summed E-state index contributed by atoms with van der Waals surface area (Å²) in [6.45, 7) is 1.43. The molecule has 0 bridgehead atoms. The highest BCUT2D eigenvalue weighted by Gasteiger charge is 2.18. The third-order valence-corrected chi connectivity index (χ3v) is 5.71. The molecule has 0 radical (unpaired) electrons. The molecule has 0 aliphatic rings. The first-order valence-electron chi connectivity index (χ1n) is 13.3. The van der Waals surface area contributed by atoms with Gasteiger partial charge in [0, 0.05) is 29.2 Å². The number of benzene rings is 2. The average molecular weight is 613 g/mol. The average Bonchev–Trinajstić information content (AvgIpc) is 3.40. The van der Waals surface area contributed by atoms with Gasteiger partial charge in [0.15, 0.2) is 25.2 Å². The number of esters is 4. The molecule has 0 saturated heterocycles. The highest BCUT2D eigenvalue weighted by molar-refractivity contribution is 5.96. The van der Waals surface area contributed by atoms with Gasteiger partial charge in [-0.3, -0.25) is 24.0 Å². The number of anilines is 1. The molecule has 234 valence electrons. The second-order valence-electron chi connectivity index (χ2n) is 9.44. The highest BCUT2D eigenvalue weighted by atomic mass is 16.7. The van der Waals surface area contributed by atoms with E-state index in [1.807, 2.05) is 6.07 Å². The Morgan fingerprint density at radius 2 is 1.27 bits per heavy atom. The summed E-state index contributed by atoms with van der Waals surface area (Å²) < 4.78 is 29.5. The Bertz CT molecular complexity index is 1460. The van der Waals surface area contributed by atoms with E-state index >= 15 is 0 Å². The fourth-order valence-corrected chi connectivity index (χ4v) is 3.74. The Hall–Kier alpha value is -5.08. The Labute approximate surface area is 252 Å². The van der Waals surface area contributed by atoms with Crippen molar-refractivity contribution in [3.05, 3.63) is 54.1 Å². The summed E-state index contributed by atoms with van der Waals surface area (Å²) >= 11 is 0. The molecule has 0 amide bonds. The van der Waals surface area contributed by atoms with Crippen molar-refractivity contribution in [3.63, 3.8) is 0 Å². The Balaban J connectivity index is 1.71. The van der Waals surface area contributed by atoms with Crippen LogP contribution < -0.4 is 4.90 Å². The number of carbonyl (C=O) groups is 6. The number of aromatic nitrogens is 1. The summed E-state index contributed by atoms with van der Waals surface area (Å²) in [5, 5.41) is 0.826. The van der Waals surface area contributed by atoms with Crippen molar-refractivity contribution in [2.24, 2.45) is 0 Å². The van der Waals surface area contributed by atoms with Crippen molar-refractivity contribution in [1.82, 2.24) is 4.98 Å². The van der Waals surface area contributed by atoms with Crippen molar-refractivity contribution in [1.29, 1.82) is 0 Å². The number of hydrogen-bond acceptors (Lipinski definition) is 13. The van der Waals surface area contributed by atoms with Crippen molar-refractivity contribution in [2.75, 3.05) is 51.6 Å². The van der Waals surface area contributed by atoms with Crippen LogP contribution in [0.1, 0.15) is 31.1 Å². The summed E-state index contributed by atoms with van der Waals surface area (Å²) in [6, 6.07) is 13.7. The number of nitrogens with zero attached hydrogens (tertiary/aromatic N) is 1. The number of ketones is 2. The molecule has 14 nitrogen and oxygen atoms in total. The lowest BCUT2D eigenvalue weighted by atomic mass is 10.1. The monoisotopic (exact) mass is 612 g/mol. The SMILES string of the molecule is CC(=O)COCOC(=O)CN(CC(=O)OCOCC(C)=O)c1ccc(-c2cc3ccc(C(=O)OCOC(C)=O)cc3[nH]2)cc1. The minimum absolute atomic E-state index is 0.208. The van der Waals surface area contributed by atoms with Gasteiger partial charge in [-0.15, -0.1) is 0 Å². The minimum atomic E-state index is -0.712. The van der Waals surface area contributed by atoms with E-state index in [1.54, 1.807) is 42.5 Å². The number of Topliss-reactive ketones (excluding diaryl/α,β-unsaturated/α-hetero) is 2. The van der Waals surface area contributed by atoms with Crippen LogP contribution in [0, 0.1) is 0 Å². The summed E-state index contributed by atoms with van der Waals surface area (Å²) in [7, 11) is 0. The summed E-state index contributed by atoms with van der Waals surface area (Å²) in [5.74, 6) is -3.10. The number of H-pyrrole nitrogens is 1. The highest BCUT2D eigenvalue weighted by Crippen LogP contribution is 2.27. The molecule has 1 heterocycles. The van der Waals surface area contributed by atoms with Gasteiger partial charge in [0.05, 0.1) is 5.56 Å². The van der Waals surface area contributed by atoms with Crippen LogP contribution in [0.2, 0.25) is 0 Å². The Kier molecular flexibility index (Phi) is 12.6. The van der Waals surface area contributed by atoms with Crippen molar-refractivity contribution in [3.8, 4) is 11.3 Å². The van der Waals surface area contributed by atoms with Crippen LogP contribution in [-0.2, 0) is 52.4 Å². The smallest absolute Gasteiger partial charge is 0.341 e. The lowest BCUT2D eigenvalue weighted by Gasteiger charge is -2.23. The lowest BCUT2D eigenvalue weighted by molar-refractivity contribution is -0.158. The van der Waals surface area contributed by atoms with Crippen LogP contribution in [0.5, 0.6) is 0 Å². The van der Waals surface area contributed by atoms with E-state index in [0.29, 0.717) is 11.2 Å². The molecular weight excluding hydrogens is 580 g/mol. The second kappa shape index (κ2) is 16.5. The zero-order valence-corrected chi connectivity index (χ0v) is 24.4. The van der Waals surface area contributed by atoms with Gasteiger partial charge in [-0.2, -0.15) is 0 Å². The van der Waals surface area contributed by atoms with E-state index in [2.05, 4.69) is 9.72 Å². The summed E-state index contributed by atoms with van der Waals surface area (Å²) in [6.07, 6.45) is 0. The second-order valence-corrected chi connectivity index (χ2v) is 9.44. The van der Waals surface area contributed by atoms with E-state index in [0.717, 1.165) is 16.6 Å². The van der Waals surface area contributed by atoms with Crippen LogP contribution in [0.25, 0.3) is 22.2 Å². The molecule has 14 heteroatoms. The molecule has 0 spiro atoms. The maximum Gasteiger partial charge on any atom is 0.341 e. The molecule has 3 aromatic rings. The number of ether oxygens (including phenoxy) is 6. The van der Waals surface area contributed by atoms with Gasteiger partial charge in [0.1, 0.15) is 26.3 Å². The van der Waals surface area contributed by atoms with Gasteiger partial charge in [0.25, 0.3) is 0 Å². The molecule has 44 heavy (non-hydrogen) atoms. The Morgan fingerprint density at radius 3 is 1.82 bits per heavy atom. The van der Waals surface area contributed by atoms with Gasteiger partial charge in [-0.25, -0.2) is 4.79 Å². The van der Waals surface area contributed by atoms with Gasteiger partial charge in [-0.05, 0) is 49.7 Å². The van der Waals surface area contributed by atoms with Crippen LogP contribution in [0.15, 0.2) is 48.5 Å². The molecule has 1 aromatic heterocycles. The van der Waals surface area contributed by atoms with Gasteiger partial charge in [-0.1, -0.05) is 18.2 Å². The van der Waals surface area contributed by atoms with E-state index in [-0.39, 0.29) is 43.4 Å². The van der Waals surface area contributed by atoms with Crippen LogP contribution >= 0.6 is 0 Å². The first kappa shape index (κ1) is 33.4. The van der Waals surface area contributed by atoms with Crippen LogP contribution in [0.3, 0.4) is 0 Å².